The zero-order valence-corrected chi connectivity index (χ0v) is 10.8. The number of aliphatic imine (C=N–C) groups is 1. The molecule has 0 spiro atoms. The summed E-state index contributed by atoms with van der Waals surface area (Å²) < 4.78 is 0. The Balaban J connectivity index is 2.41. The minimum Gasteiger partial charge on any atom is -0.296 e. The fraction of sp³-hybridized carbons (Fsp3) is 0.308. The second-order valence-corrected chi connectivity index (χ2v) is 10.3. The number of benzene rings is 1. The lowest BCUT2D eigenvalue weighted by atomic mass is 10.2. The number of hydrogen-bond donors (Lipinski definition) is 0. The van der Waals surface area contributed by atoms with Crippen molar-refractivity contribution in [1.82, 2.24) is 0 Å². The zero-order chi connectivity index (χ0) is 11.1. The van der Waals surface area contributed by atoms with Crippen molar-refractivity contribution in [3.8, 4) is 0 Å². The van der Waals surface area contributed by atoms with Crippen LogP contribution in [0.1, 0.15) is 5.56 Å². The van der Waals surface area contributed by atoms with Gasteiger partial charge in [0.15, 0.2) is 0 Å². The SMILES string of the molecule is C[Si](C)(C)C/N=C/C=C/c1ccccc1. The number of rotatable bonds is 4. The molecule has 0 aromatic heterocycles. The summed E-state index contributed by atoms with van der Waals surface area (Å²) in [5.74, 6) is 0. The van der Waals surface area contributed by atoms with Crippen LogP contribution in [0.15, 0.2) is 41.4 Å². The smallest absolute Gasteiger partial charge is 0.0692 e. The summed E-state index contributed by atoms with van der Waals surface area (Å²) in [5, 5.41) is 0. The lowest BCUT2D eigenvalue weighted by Crippen LogP contribution is -2.24. The van der Waals surface area contributed by atoms with E-state index in [0.717, 1.165) is 6.17 Å². The maximum atomic E-state index is 4.41. The molecule has 80 valence electrons. The van der Waals surface area contributed by atoms with Crippen LogP contribution in [0.3, 0.4) is 0 Å². The molecule has 1 aromatic carbocycles. The lowest BCUT2D eigenvalue weighted by Gasteiger charge is -2.10. The Morgan fingerprint density at radius 3 is 2.40 bits per heavy atom. The summed E-state index contributed by atoms with van der Waals surface area (Å²) in [7, 11) is -1.02. The van der Waals surface area contributed by atoms with Crippen LogP contribution in [-0.2, 0) is 0 Å². The van der Waals surface area contributed by atoms with Crippen molar-refractivity contribution in [2.45, 2.75) is 19.6 Å². The van der Waals surface area contributed by atoms with Gasteiger partial charge in [-0.05, 0) is 11.6 Å². The molecule has 0 saturated carbocycles. The van der Waals surface area contributed by atoms with Gasteiger partial charge in [0.2, 0.25) is 0 Å². The van der Waals surface area contributed by atoms with Crippen molar-refractivity contribution in [1.29, 1.82) is 0 Å². The van der Waals surface area contributed by atoms with Gasteiger partial charge in [0.05, 0.1) is 8.07 Å². The fourth-order valence-corrected chi connectivity index (χ4v) is 1.76. The predicted octanol–water partition coefficient (Wildman–Crippen LogP) is 3.65. The average Bonchev–Trinajstić information content (AvgIpc) is 2.17. The van der Waals surface area contributed by atoms with Crippen LogP contribution in [0.25, 0.3) is 6.08 Å². The highest BCUT2D eigenvalue weighted by Gasteiger charge is 2.10. The summed E-state index contributed by atoms with van der Waals surface area (Å²) in [5.41, 5.74) is 1.22. The first kappa shape index (κ1) is 11.9. The first-order chi connectivity index (χ1) is 7.08. The predicted molar refractivity (Wildman–Crippen MR) is 72.2 cm³/mol. The van der Waals surface area contributed by atoms with Crippen LogP contribution in [-0.4, -0.2) is 20.5 Å². The Morgan fingerprint density at radius 1 is 1.13 bits per heavy atom. The van der Waals surface area contributed by atoms with E-state index in [4.69, 9.17) is 0 Å². The van der Waals surface area contributed by atoms with E-state index in [1.807, 2.05) is 30.5 Å². The molecule has 0 atom stereocenters. The van der Waals surface area contributed by atoms with Gasteiger partial charge in [0.25, 0.3) is 0 Å². The van der Waals surface area contributed by atoms with E-state index < -0.39 is 8.07 Å². The first-order valence-corrected chi connectivity index (χ1v) is 9.00. The first-order valence-electron chi connectivity index (χ1n) is 5.29. The molecule has 0 radical (unpaired) electrons. The normalized spacial score (nSPS) is 12.7. The molecule has 0 amide bonds. The Kier molecular flexibility index (Phi) is 4.50. The van der Waals surface area contributed by atoms with Gasteiger partial charge in [-0.3, -0.25) is 4.99 Å². The standard InChI is InChI=1S/C13H19NSi/c1-15(2,3)12-14-11-7-10-13-8-5-4-6-9-13/h4-11H,12H2,1-3H3/b10-7+,14-11+. The minimum atomic E-state index is -1.02. The van der Waals surface area contributed by atoms with E-state index in [0.29, 0.717) is 0 Å². The lowest BCUT2D eigenvalue weighted by molar-refractivity contribution is 1.30. The van der Waals surface area contributed by atoms with Gasteiger partial charge in [-0.15, -0.1) is 0 Å². The van der Waals surface area contributed by atoms with Crippen molar-refractivity contribution in [2.75, 3.05) is 6.17 Å². The molecule has 1 aromatic rings. The average molecular weight is 217 g/mol. The Hall–Kier alpha value is -1.15. The topological polar surface area (TPSA) is 12.4 Å². The van der Waals surface area contributed by atoms with E-state index in [1.165, 1.54) is 5.56 Å². The quantitative estimate of drug-likeness (QED) is 0.539. The van der Waals surface area contributed by atoms with Crippen LogP contribution in [0, 0.1) is 0 Å². The largest absolute Gasteiger partial charge is 0.296 e. The molecule has 0 unspecified atom stereocenters. The van der Waals surface area contributed by atoms with Gasteiger partial charge in [-0.1, -0.05) is 56.0 Å². The third-order valence-electron chi connectivity index (χ3n) is 1.85. The van der Waals surface area contributed by atoms with Crippen molar-refractivity contribution in [3.05, 3.63) is 42.0 Å². The molecule has 0 heterocycles. The van der Waals surface area contributed by atoms with E-state index >= 15 is 0 Å². The fourth-order valence-electron chi connectivity index (χ4n) is 1.11. The van der Waals surface area contributed by atoms with Gasteiger partial charge < -0.3 is 0 Å². The van der Waals surface area contributed by atoms with Crippen molar-refractivity contribution >= 4 is 20.4 Å². The summed E-state index contributed by atoms with van der Waals surface area (Å²) in [6.45, 7) is 6.97. The third-order valence-corrected chi connectivity index (χ3v) is 2.98. The maximum Gasteiger partial charge on any atom is 0.0692 e. The number of hydrogen-bond acceptors (Lipinski definition) is 1. The molecule has 15 heavy (non-hydrogen) atoms. The molecule has 1 rings (SSSR count). The Bertz CT molecular complexity index is 333. The summed E-state index contributed by atoms with van der Waals surface area (Å²) in [6, 6.07) is 10.3. The molecule has 0 aliphatic heterocycles. The highest BCUT2D eigenvalue weighted by molar-refractivity contribution is 6.76. The van der Waals surface area contributed by atoms with E-state index in [-0.39, 0.29) is 0 Å². The van der Waals surface area contributed by atoms with Gasteiger partial charge in [-0.25, -0.2) is 0 Å². The van der Waals surface area contributed by atoms with E-state index in [9.17, 15) is 0 Å². The summed E-state index contributed by atoms with van der Waals surface area (Å²) in [6.07, 6.45) is 7.00. The molecule has 0 fully saturated rings. The second-order valence-electron chi connectivity index (χ2n) is 4.82. The van der Waals surface area contributed by atoms with Gasteiger partial charge in [0.1, 0.15) is 0 Å². The van der Waals surface area contributed by atoms with Crippen LogP contribution in [0.4, 0.5) is 0 Å². The second kappa shape index (κ2) is 5.66. The zero-order valence-electron chi connectivity index (χ0n) is 9.77. The van der Waals surface area contributed by atoms with E-state index in [2.05, 4.69) is 42.8 Å². The monoisotopic (exact) mass is 217 g/mol. The molecule has 0 bridgehead atoms. The number of allylic oxidation sites excluding steroid dienone is 1. The van der Waals surface area contributed by atoms with Crippen LogP contribution in [0.2, 0.25) is 19.6 Å². The molecule has 0 aliphatic rings. The third kappa shape index (κ3) is 6.02. The van der Waals surface area contributed by atoms with Gasteiger partial charge in [0, 0.05) is 12.4 Å². The maximum absolute atomic E-state index is 4.41. The highest BCUT2D eigenvalue weighted by atomic mass is 28.3. The van der Waals surface area contributed by atoms with Gasteiger partial charge in [-0.2, -0.15) is 0 Å². The van der Waals surface area contributed by atoms with Gasteiger partial charge >= 0.3 is 0 Å². The number of nitrogens with zero attached hydrogens (tertiary/aromatic N) is 1. The van der Waals surface area contributed by atoms with Crippen molar-refractivity contribution in [3.63, 3.8) is 0 Å². The molecule has 0 saturated heterocycles. The molecule has 2 heteroatoms. The highest BCUT2D eigenvalue weighted by Crippen LogP contribution is 2.01. The minimum absolute atomic E-state index is 1.01. The molecule has 0 N–H and O–H groups in total. The molecule has 1 nitrogen and oxygen atoms in total. The van der Waals surface area contributed by atoms with Crippen LogP contribution >= 0.6 is 0 Å². The van der Waals surface area contributed by atoms with Crippen LogP contribution in [0.5, 0.6) is 0 Å². The van der Waals surface area contributed by atoms with Crippen molar-refractivity contribution in [2.24, 2.45) is 4.99 Å². The summed E-state index contributed by atoms with van der Waals surface area (Å²) in [4.78, 5) is 4.41. The molecular formula is C13H19NSi. The molecule has 0 aliphatic carbocycles. The van der Waals surface area contributed by atoms with Crippen LogP contribution < -0.4 is 0 Å². The Morgan fingerprint density at radius 2 is 1.80 bits per heavy atom. The Labute approximate surface area is 93.6 Å². The molecular weight excluding hydrogens is 198 g/mol. The van der Waals surface area contributed by atoms with Crippen molar-refractivity contribution < 1.29 is 0 Å². The van der Waals surface area contributed by atoms with E-state index in [1.54, 1.807) is 0 Å². The summed E-state index contributed by atoms with van der Waals surface area (Å²) >= 11 is 0.